The number of fused-ring (bicyclic) bond motifs is 1. The van der Waals surface area contributed by atoms with Gasteiger partial charge in [0.15, 0.2) is 5.78 Å². The van der Waals surface area contributed by atoms with E-state index in [2.05, 4.69) is 13.8 Å². The number of rotatable bonds is 2. The van der Waals surface area contributed by atoms with E-state index in [0.717, 1.165) is 0 Å². The van der Waals surface area contributed by atoms with E-state index in [1.165, 1.54) is 6.08 Å². The standard InChI is InChI=1S/C12H14O4/c1-12(2)8-9(12)11(16-10(8)14)15-7-4-3-6(13)5-7/h3-4,7-9,11H,5H2,1-2H3. The second kappa shape index (κ2) is 2.94. The predicted molar refractivity (Wildman–Crippen MR) is 54.3 cm³/mol. The largest absolute Gasteiger partial charge is 0.435 e. The van der Waals surface area contributed by atoms with Crippen molar-refractivity contribution >= 4 is 11.8 Å². The van der Waals surface area contributed by atoms with Crippen LogP contribution in [0.1, 0.15) is 20.3 Å². The van der Waals surface area contributed by atoms with E-state index in [9.17, 15) is 9.59 Å². The van der Waals surface area contributed by atoms with E-state index in [1.807, 2.05) is 0 Å². The summed E-state index contributed by atoms with van der Waals surface area (Å²) < 4.78 is 10.8. The third-order valence-electron chi connectivity index (χ3n) is 3.90. The van der Waals surface area contributed by atoms with Gasteiger partial charge in [0.05, 0.1) is 12.0 Å². The summed E-state index contributed by atoms with van der Waals surface area (Å²) in [6.07, 6.45) is 2.94. The van der Waals surface area contributed by atoms with Gasteiger partial charge in [-0.15, -0.1) is 0 Å². The number of ketones is 1. The molecule has 4 atom stereocenters. The van der Waals surface area contributed by atoms with Crippen LogP contribution >= 0.6 is 0 Å². The highest BCUT2D eigenvalue weighted by Gasteiger charge is 2.72. The molecular formula is C12H14O4. The molecule has 0 radical (unpaired) electrons. The molecule has 1 aliphatic heterocycles. The number of esters is 1. The van der Waals surface area contributed by atoms with Crippen LogP contribution < -0.4 is 0 Å². The molecule has 2 aliphatic carbocycles. The van der Waals surface area contributed by atoms with Gasteiger partial charge in [0.25, 0.3) is 0 Å². The van der Waals surface area contributed by atoms with Crippen LogP contribution in [0.4, 0.5) is 0 Å². The van der Waals surface area contributed by atoms with Crippen LogP contribution in [0.15, 0.2) is 12.2 Å². The van der Waals surface area contributed by atoms with Gasteiger partial charge in [-0.3, -0.25) is 9.59 Å². The molecule has 3 rings (SSSR count). The molecule has 0 aromatic carbocycles. The summed E-state index contributed by atoms with van der Waals surface area (Å²) >= 11 is 0. The van der Waals surface area contributed by atoms with Gasteiger partial charge in [-0.1, -0.05) is 19.9 Å². The second-order valence-corrected chi connectivity index (χ2v) is 5.33. The molecule has 0 aromatic rings. The van der Waals surface area contributed by atoms with Gasteiger partial charge in [-0.25, -0.2) is 0 Å². The highest BCUT2D eigenvalue weighted by Crippen LogP contribution is 2.65. The Labute approximate surface area is 93.6 Å². The molecule has 0 aromatic heterocycles. The van der Waals surface area contributed by atoms with E-state index < -0.39 is 6.29 Å². The molecule has 4 unspecified atom stereocenters. The maximum Gasteiger partial charge on any atom is 0.312 e. The quantitative estimate of drug-likeness (QED) is 0.655. The van der Waals surface area contributed by atoms with Crippen molar-refractivity contribution in [2.24, 2.45) is 17.3 Å². The van der Waals surface area contributed by atoms with Crippen LogP contribution in [0.3, 0.4) is 0 Å². The van der Waals surface area contributed by atoms with Crippen molar-refractivity contribution in [3.05, 3.63) is 12.2 Å². The number of cyclic esters (lactones) is 1. The lowest BCUT2D eigenvalue weighted by Crippen LogP contribution is -2.26. The van der Waals surface area contributed by atoms with E-state index in [4.69, 9.17) is 9.47 Å². The van der Waals surface area contributed by atoms with Gasteiger partial charge in [0, 0.05) is 12.3 Å². The zero-order valence-electron chi connectivity index (χ0n) is 9.30. The SMILES string of the molecule is CC1(C)C2C(=O)OC(OC3C=CC(=O)C3)C21. The number of allylic oxidation sites excluding steroid dienone is 1. The molecule has 1 heterocycles. The number of ether oxygens (including phenoxy) is 2. The zero-order valence-corrected chi connectivity index (χ0v) is 9.30. The first-order valence-electron chi connectivity index (χ1n) is 5.57. The topological polar surface area (TPSA) is 52.6 Å². The third kappa shape index (κ3) is 1.26. The Bertz CT molecular complexity index is 396. The van der Waals surface area contributed by atoms with E-state index in [1.54, 1.807) is 6.08 Å². The van der Waals surface area contributed by atoms with Crippen molar-refractivity contribution in [2.45, 2.75) is 32.7 Å². The monoisotopic (exact) mass is 222 g/mol. The first-order chi connectivity index (χ1) is 7.50. The lowest BCUT2D eigenvalue weighted by molar-refractivity contribution is -0.181. The molecule has 1 saturated heterocycles. The normalized spacial score (nSPS) is 43.4. The fourth-order valence-corrected chi connectivity index (χ4v) is 2.82. The van der Waals surface area contributed by atoms with Gasteiger partial charge in [0.1, 0.15) is 0 Å². The van der Waals surface area contributed by atoms with Gasteiger partial charge in [0.2, 0.25) is 6.29 Å². The molecule has 0 spiro atoms. The van der Waals surface area contributed by atoms with Crippen LogP contribution in [0, 0.1) is 17.3 Å². The molecule has 86 valence electrons. The van der Waals surface area contributed by atoms with Crippen LogP contribution in [-0.4, -0.2) is 24.1 Å². The smallest absolute Gasteiger partial charge is 0.312 e. The van der Waals surface area contributed by atoms with Crippen molar-refractivity contribution in [2.75, 3.05) is 0 Å². The number of hydrogen-bond acceptors (Lipinski definition) is 4. The third-order valence-corrected chi connectivity index (χ3v) is 3.90. The van der Waals surface area contributed by atoms with E-state index in [-0.39, 0.29) is 35.1 Å². The van der Waals surface area contributed by atoms with Crippen LogP contribution in [0.2, 0.25) is 0 Å². The molecule has 0 amide bonds. The highest BCUT2D eigenvalue weighted by atomic mass is 16.7. The average molecular weight is 222 g/mol. The summed E-state index contributed by atoms with van der Waals surface area (Å²) in [5.41, 5.74) is -0.00761. The maximum absolute atomic E-state index is 11.5. The van der Waals surface area contributed by atoms with Crippen molar-refractivity contribution in [3.63, 3.8) is 0 Å². The predicted octanol–water partition coefficient (Wildman–Crippen LogP) is 1.06. The minimum atomic E-state index is -0.465. The molecule has 4 heteroatoms. The average Bonchev–Trinajstić information content (AvgIpc) is 2.51. The number of carbonyl (C=O) groups is 2. The Kier molecular flexibility index (Phi) is 1.84. The Balaban J connectivity index is 1.67. The maximum atomic E-state index is 11.5. The van der Waals surface area contributed by atoms with Crippen molar-refractivity contribution in [1.82, 2.24) is 0 Å². The molecule has 1 saturated carbocycles. The first-order valence-corrected chi connectivity index (χ1v) is 5.57. The zero-order chi connectivity index (χ0) is 11.5. The summed E-state index contributed by atoms with van der Waals surface area (Å²) in [5, 5.41) is 0. The van der Waals surface area contributed by atoms with Crippen LogP contribution in [-0.2, 0) is 19.1 Å². The molecular weight excluding hydrogens is 208 g/mol. The summed E-state index contributed by atoms with van der Waals surface area (Å²) in [4.78, 5) is 22.5. The van der Waals surface area contributed by atoms with Crippen LogP contribution in [0.5, 0.6) is 0 Å². The summed E-state index contributed by atoms with van der Waals surface area (Å²) in [5.74, 6) is 0.0527. The number of carbonyl (C=O) groups excluding carboxylic acids is 2. The first kappa shape index (κ1) is 10.0. The van der Waals surface area contributed by atoms with Crippen molar-refractivity contribution in [1.29, 1.82) is 0 Å². The number of hydrogen-bond donors (Lipinski definition) is 0. The van der Waals surface area contributed by atoms with Gasteiger partial charge in [-0.2, -0.15) is 0 Å². The lowest BCUT2D eigenvalue weighted by Gasteiger charge is -2.20. The summed E-state index contributed by atoms with van der Waals surface area (Å²) in [6.45, 7) is 4.10. The Morgan fingerprint density at radius 1 is 1.44 bits per heavy atom. The fraction of sp³-hybridized carbons (Fsp3) is 0.667. The van der Waals surface area contributed by atoms with Gasteiger partial charge < -0.3 is 9.47 Å². The molecule has 4 nitrogen and oxygen atoms in total. The van der Waals surface area contributed by atoms with Gasteiger partial charge >= 0.3 is 5.97 Å². The van der Waals surface area contributed by atoms with Crippen molar-refractivity contribution in [3.8, 4) is 0 Å². The van der Waals surface area contributed by atoms with E-state index >= 15 is 0 Å². The Morgan fingerprint density at radius 3 is 2.69 bits per heavy atom. The Morgan fingerprint density at radius 2 is 2.19 bits per heavy atom. The lowest BCUT2D eigenvalue weighted by atomic mass is 10.1. The molecule has 2 fully saturated rings. The van der Waals surface area contributed by atoms with E-state index in [0.29, 0.717) is 6.42 Å². The molecule has 3 aliphatic rings. The van der Waals surface area contributed by atoms with Crippen molar-refractivity contribution < 1.29 is 19.1 Å². The summed E-state index contributed by atoms with van der Waals surface area (Å²) in [7, 11) is 0. The molecule has 0 bridgehead atoms. The highest BCUT2D eigenvalue weighted by molar-refractivity contribution is 5.92. The molecule has 16 heavy (non-hydrogen) atoms. The van der Waals surface area contributed by atoms with Gasteiger partial charge in [-0.05, 0) is 11.5 Å². The Hall–Kier alpha value is -1.16. The minimum absolute atomic E-state index is 0.00761. The molecule has 0 N–H and O–H groups in total. The second-order valence-electron chi connectivity index (χ2n) is 5.33. The minimum Gasteiger partial charge on any atom is -0.435 e. The van der Waals surface area contributed by atoms with Crippen LogP contribution in [0.25, 0.3) is 0 Å². The fourth-order valence-electron chi connectivity index (χ4n) is 2.82. The summed E-state index contributed by atoms with van der Waals surface area (Å²) in [6, 6.07) is 0.